The monoisotopic (exact) mass is 386 g/mol. The molecule has 1 heterocycles. The number of anilines is 1. The molecule has 0 aliphatic carbocycles. The van der Waals surface area contributed by atoms with Crippen molar-refractivity contribution < 1.29 is 14.0 Å². The van der Waals surface area contributed by atoms with Crippen LogP contribution in [-0.2, 0) is 11.3 Å². The number of hydrogen-bond acceptors (Lipinski definition) is 4. The molecule has 0 unspecified atom stereocenters. The maximum absolute atomic E-state index is 12.7. The molecule has 1 aromatic heterocycles. The second-order valence-electron chi connectivity index (χ2n) is 6.62. The van der Waals surface area contributed by atoms with E-state index >= 15 is 0 Å². The minimum Gasteiger partial charge on any atom is -0.408 e. The lowest BCUT2D eigenvalue weighted by molar-refractivity contribution is -0.118. The maximum Gasteiger partial charge on any atom is 0.420 e. The first-order valence-corrected chi connectivity index (χ1v) is 9.09. The van der Waals surface area contributed by atoms with Crippen molar-refractivity contribution in [3.63, 3.8) is 0 Å². The van der Waals surface area contributed by atoms with Gasteiger partial charge in [0.25, 0.3) is 0 Å². The third-order valence-electron chi connectivity index (χ3n) is 4.78. The highest BCUT2D eigenvalue weighted by molar-refractivity contribution is 6.10. The molecule has 4 aromatic rings. The van der Waals surface area contributed by atoms with Crippen LogP contribution in [0.2, 0.25) is 0 Å². The zero-order valence-corrected chi connectivity index (χ0v) is 15.7. The molecule has 3 aromatic carbocycles. The molecule has 0 radical (unpaired) electrons. The zero-order valence-electron chi connectivity index (χ0n) is 15.7. The zero-order chi connectivity index (χ0) is 20.4. The van der Waals surface area contributed by atoms with E-state index in [1.54, 1.807) is 49.5 Å². The second kappa shape index (κ2) is 7.59. The predicted octanol–water partition coefficient (Wildman–Crippen LogP) is 3.49. The van der Waals surface area contributed by atoms with Crippen LogP contribution in [0.1, 0.15) is 15.9 Å². The van der Waals surface area contributed by atoms with Crippen molar-refractivity contribution >= 4 is 28.5 Å². The molecule has 0 atom stereocenters. The summed E-state index contributed by atoms with van der Waals surface area (Å²) in [6.07, 6.45) is 0. The lowest BCUT2D eigenvalue weighted by Crippen LogP contribution is -2.32. The van der Waals surface area contributed by atoms with Gasteiger partial charge in [-0.3, -0.25) is 14.2 Å². The molecule has 0 N–H and O–H groups in total. The van der Waals surface area contributed by atoms with Gasteiger partial charge in [0, 0.05) is 23.9 Å². The first-order chi connectivity index (χ1) is 14.0. The normalized spacial score (nSPS) is 10.8. The van der Waals surface area contributed by atoms with E-state index in [4.69, 9.17) is 4.42 Å². The number of aromatic nitrogens is 1. The summed E-state index contributed by atoms with van der Waals surface area (Å²) in [7, 11) is 1.65. The summed E-state index contributed by atoms with van der Waals surface area (Å²) < 4.78 is 6.50. The molecule has 4 rings (SSSR count). The molecule has 6 heteroatoms. The summed E-state index contributed by atoms with van der Waals surface area (Å²) in [6.45, 7) is -0.194. The van der Waals surface area contributed by atoms with Gasteiger partial charge >= 0.3 is 5.76 Å². The van der Waals surface area contributed by atoms with Gasteiger partial charge in [0.05, 0.1) is 5.52 Å². The van der Waals surface area contributed by atoms with Crippen molar-refractivity contribution in [3.8, 4) is 0 Å². The summed E-state index contributed by atoms with van der Waals surface area (Å²) in [5.74, 6) is -1.08. The van der Waals surface area contributed by atoms with Crippen LogP contribution in [0.15, 0.2) is 88.1 Å². The number of hydrogen-bond donors (Lipinski definition) is 0. The van der Waals surface area contributed by atoms with Gasteiger partial charge in [-0.2, -0.15) is 0 Å². The number of carbonyl (C=O) groups excluding carboxylic acids is 2. The molecule has 0 aliphatic rings. The molecule has 0 bridgehead atoms. The smallest absolute Gasteiger partial charge is 0.408 e. The standard InChI is InChI=1S/C23H18N2O4/c1-24(18-10-6-3-7-11-18)21(26)15-25-19-14-17(12-13-20(19)29-23(25)28)22(27)16-8-4-2-5-9-16/h2-14H,15H2,1H3. The van der Waals surface area contributed by atoms with Gasteiger partial charge in [0.15, 0.2) is 11.4 Å². The van der Waals surface area contributed by atoms with Crippen molar-refractivity contribution in [2.45, 2.75) is 6.54 Å². The van der Waals surface area contributed by atoms with Gasteiger partial charge in [-0.1, -0.05) is 48.5 Å². The number of nitrogens with zero attached hydrogens (tertiary/aromatic N) is 2. The first kappa shape index (κ1) is 18.4. The van der Waals surface area contributed by atoms with Gasteiger partial charge in [-0.25, -0.2) is 4.79 Å². The minimum absolute atomic E-state index is 0.166. The summed E-state index contributed by atoms with van der Waals surface area (Å²) in [6, 6.07) is 22.8. The Morgan fingerprint density at radius 1 is 0.897 bits per heavy atom. The Morgan fingerprint density at radius 2 is 1.55 bits per heavy atom. The van der Waals surface area contributed by atoms with Crippen molar-refractivity contribution in [2.24, 2.45) is 0 Å². The highest BCUT2D eigenvalue weighted by Crippen LogP contribution is 2.19. The summed E-state index contributed by atoms with van der Waals surface area (Å²) >= 11 is 0. The SMILES string of the molecule is CN(C(=O)Cn1c(=O)oc2ccc(C(=O)c3ccccc3)cc21)c1ccccc1. The molecule has 1 amide bonds. The fourth-order valence-electron chi connectivity index (χ4n) is 3.15. The average Bonchev–Trinajstić information content (AvgIpc) is 3.08. The molecule has 144 valence electrons. The van der Waals surface area contributed by atoms with Crippen molar-refractivity contribution in [3.05, 3.63) is 101 Å². The van der Waals surface area contributed by atoms with Crippen LogP contribution in [-0.4, -0.2) is 23.3 Å². The molecule has 0 aliphatic heterocycles. The molecule has 0 saturated heterocycles. The second-order valence-corrected chi connectivity index (χ2v) is 6.62. The van der Waals surface area contributed by atoms with Crippen LogP contribution in [0, 0.1) is 0 Å². The number of likely N-dealkylation sites (N-methyl/N-ethyl adjacent to an activating group) is 1. The Hall–Kier alpha value is -3.93. The van der Waals surface area contributed by atoms with Crippen LogP contribution in [0.25, 0.3) is 11.1 Å². The lowest BCUT2D eigenvalue weighted by atomic mass is 10.0. The molecular formula is C23H18N2O4. The first-order valence-electron chi connectivity index (χ1n) is 9.09. The van der Waals surface area contributed by atoms with Crippen LogP contribution >= 0.6 is 0 Å². The van der Waals surface area contributed by atoms with Gasteiger partial charge in [-0.15, -0.1) is 0 Å². The molecule has 29 heavy (non-hydrogen) atoms. The van der Waals surface area contributed by atoms with Gasteiger partial charge in [0.2, 0.25) is 5.91 Å². The van der Waals surface area contributed by atoms with Crippen molar-refractivity contribution in [2.75, 3.05) is 11.9 Å². The number of rotatable bonds is 5. The van der Waals surface area contributed by atoms with E-state index < -0.39 is 5.76 Å². The van der Waals surface area contributed by atoms with E-state index in [2.05, 4.69) is 0 Å². The summed E-state index contributed by atoms with van der Waals surface area (Å²) in [4.78, 5) is 39.2. The largest absolute Gasteiger partial charge is 0.420 e. The number of para-hydroxylation sites is 1. The van der Waals surface area contributed by atoms with Crippen LogP contribution in [0.3, 0.4) is 0 Å². The molecule has 6 nitrogen and oxygen atoms in total. The fourth-order valence-corrected chi connectivity index (χ4v) is 3.15. The number of carbonyl (C=O) groups is 2. The summed E-state index contributed by atoms with van der Waals surface area (Å²) in [5, 5.41) is 0. The summed E-state index contributed by atoms with van der Waals surface area (Å²) in [5.41, 5.74) is 2.42. The Bertz CT molecular complexity index is 1240. The molecular weight excluding hydrogens is 368 g/mol. The van der Waals surface area contributed by atoms with Crippen molar-refractivity contribution in [1.29, 1.82) is 0 Å². The number of oxazole rings is 1. The number of benzene rings is 3. The van der Waals surface area contributed by atoms with Crippen LogP contribution in [0.4, 0.5) is 5.69 Å². The van der Waals surface area contributed by atoms with E-state index in [0.717, 1.165) is 5.69 Å². The lowest BCUT2D eigenvalue weighted by Gasteiger charge is -2.17. The Balaban J connectivity index is 1.68. The van der Waals surface area contributed by atoms with Gasteiger partial charge in [-0.05, 0) is 30.3 Å². The van der Waals surface area contributed by atoms with E-state index in [9.17, 15) is 14.4 Å². The quantitative estimate of drug-likeness (QED) is 0.492. The topological polar surface area (TPSA) is 72.5 Å². The van der Waals surface area contributed by atoms with Gasteiger partial charge < -0.3 is 9.32 Å². The molecule has 0 fully saturated rings. The van der Waals surface area contributed by atoms with E-state index in [0.29, 0.717) is 22.2 Å². The highest BCUT2D eigenvalue weighted by Gasteiger charge is 2.18. The van der Waals surface area contributed by atoms with Gasteiger partial charge in [0.1, 0.15) is 6.54 Å². The third-order valence-corrected chi connectivity index (χ3v) is 4.78. The Morgan fingerprint density at radius 3 is 2.24 bits per heavy atom. The fraction of sp³-hybridized carbons (Fsp3) is 0.0870. The van der Waals surface area contributed by atoms with E-state index in [1.165, 1.54) is 9.47 Å². The predicted molar refractivity (Wildman–Crippen MR) is 110 cm³/mol. The molecule has 0 spiro atoms. The average molecular weight is 386 g/mol. The highest BCUT2D eigenvalue weighted by atomic mass is 16.4. The number of amides is 1. The number of fused-ring (bicyclic) bond motifs is 1. The van der Waals surface area contributed by atoms with Crippen LogP contribution < -0.4 is 10.7 Å². The maximum atomic E-state index is 12.7. The van der Waals surface area contributed by atoms with E-state index in [-0.39, 0.29) is 18.2 Å². The molecule has 0 saturated carbocycles. The van der Waals surface area contributed by atoms with E-state index in [1.807, 2.05) is 36.4 Å². The Labute approximate surface area is 166 Å². The Kier molecular flexibility index (Phi) is 4.83. The van der Waals surface area contributed by atoms with Crippen LogP contribution in [0.5, 0.6) is 0 Å². The minimum atomic E-state index is -0.640. The third kappa shape index (κ3) is 3.60. The van der Waals surface area contributed by atoms with Crippen molar-refractivity contribution in [1.82, 2.24) is 4.57 Å². The number of ketones is 1.